The van der Waals surface area contributed by atoms with Crippen LogP contribution in [-0.2, 0) is 16.8 Å². The van der Waals surface area contributed by atoms with Gasteiger partial charge in [-0.3, -0.25) is 9.36 Å². The summed E-state index contributed by atoms with van der Waals surface area (Å²) in [5.74, 6) is -0.710. The zero-order chi connectivity index (χ0) is 18.1. The van der Waals surface area contributed by atoms with Crippen molar-refractivity contribution in [2.24, 2.45) is 5.73 Å². The van der Waals surface area contributed by atoms with E-state index < -0.39 is 5.76 Å². The molecule has 1 aliphatic carbocycles. The lowest BCUT2D eigenvalue weighted by Crippen LogP contribution is -2.57. The Balaban J connectivity index is 0.00000210. The molecule has 1 aromatic heterocycles. The molecule has 0 spiro atoms. The maximum atomic E-state index is 12.4. The number of nitrogens with zero attached hydrogens (tertiary/aromatic N) is 1. The SMILES string of the molecule is Cl.NCC1(c2ccccc2)CC(NC(=O)Cn2c(=O)oc3ccccc32)C1. The number of benzene rings is 2. The summed E-state index contributed by atoms with van der Waals surface area (Å²) in [6.07, 6.45) is 1.61. The van der Waals surface area contributed by atoms with E-state index in [0.29, 0.717) is 17.6 Å². The monoisotopic (exact) mass is 387 g/mol. The summed E-state index contributed by atoms with van der Waals surface area (Å²) in [5.41, 5.74) is 8.27. The first kappa shape index (κ1) is 19.2. The summed E-state index contributed by atoms with van der Waals surface area (Å²) in [6, 6.07) is 17.3. The number of carbonyl (C=O) groups is 1. The summed E-state index contributed by atoms with van der Waals surface area (Å²) in [7, 11) is 0. The second-order valence-electron chi connectivity index (χ2n) is 6.95. The van der Waals surface area contributed by atoms with Crippen LogP contribution in [0.15, 0.2) is 63.8 Å². The van der Waals surface area contributed by atoms with Gasteiger partial charge in [0.05, 0.1) is 5.52 Å². The number of fused-ring (bicyclic) bond motifs is 1. The lowest BCUT2D eigenvalue weighted by molar-refractivity contribution is -0.123. The minimum Gasteiger partial charge on any atom is -0.408 e. The molecule has 1 heterocycles. The van der Waals surface area contributed by atoms with E-state index in [1.165, 1.54) is 10.1 Å². The Morgan fingerprint density at radius 2 is 1.81 bits per heavy atom. The third kappa shape index (κ3) is 3.50. The van der Waals surface area contributed by atoms with E-state index in [2.05, 4.69) is 17.4 Å². The van der Waals surface area contributed by atoms with Crippen LogP contribution in [0.5, 0.6) is 0 Å². The van der Waals surface area contributed by atoms with Crippen LogP contribution >= 0.6 is 12.4 Å². The van der Waals surface area contributed by atoms with E-state index in [0.717, 1.165) is 12.8 Å². The number of hydrogen-bond acceptors (Lipinski definition) is 4. The van der Waals surface area contributed by atoms with Crippen LogP contribution in [0.3, 0.4) is 0 Å². The molecular weight excluding hydrogens is 366 g/mol. The fraction of sp³-hybridized carbons (Fsp3) is 0.300. The van der Waals surface area contributed by atoms with Crippen molar-refractivity contribution in [3.8, 4) is 0 Å². The molecule has 0 bridgehead atoms. The van der Waals surface area contributed by atoms with Crippen molar-refractivity contribution in [3.05, 3.63) is 70.7 Å². The molecule has 7 heteroatoms. The fourth-order valence-electron chi connectivity index (χ4n) is 3.88. The van der Waals surface area contributed by atoms with Crippen molar-refractivity contribution in [2.75, 3.05) is 6.54 Å². The van der Waals surface area contributed by atoms with Gasteiger partial charge in [0.15, 0.2) is 5.58 Å². The lowest BCUT2D eigenvalue weighted by atomic mass is 9.61. The number of carbonyl (C=O) groups excluding carboxylic acids is 1. The van der Waals surface area contributed by atoms with Gasteiger partial charge in [-0.1, -0.05) is 42.5 Å². The zero-order valence-electron chi connectivity index (χ0n) is 14.8. The van der Waals surface area contributed by atoms with Crippen LogP contribution in [0.4, 0.5) is 0 Å². The summed E-state index contributed by atoms with van der Waals surface area (Å²) >= 11 is 0. The van der Waals surface area contributed by atoms with Gasteiger partial charge in [-0.2, -0.15) is 0 Å². The highest BCUT2D eigenvalue weighted by Gasteiger charge is 2.44. The first-order valence-electron chi connectivity index (χ1n) is 8.75. The minimum absolute atomic E-state index is 0. The molecule has 0 unspecified atom stereocenters. The van der Waals surface area contributed by atoms with Gasteiger partial charge in [0.25, 0.3) is 0 Å². The molecule has 1 fully saturated rings. The standard InChI is InChI=1S/C20H21N3O3.ClH/c21-13-20(14-6-2-1-3-7-14)10-15(11-20)22-18(24)12-23-16-8-4-5-9-17(16)26-19(23)25;/h1-9,15H,10-13,21H2,(H,22,24);1H. The van der Waals surface area contributed by atoms with Crippen molar-refractivity contribution in [1.82, 2.24) is 9.88 Å². The number of nitrogens with one attached hydrogen (secondary N) is 1. The molecule has 0 atom stereocenters. The second kappa shape index (κ2) is 7.58. The lowest BCUT2D eigenvalue weighted by Gasteiger charge is -2.47. The van der Waals surface area contributed by atoms with Crippen molar-refractivity contribution >= 4 is 29.4 Å². The van der Waals surface area contributed by atoms with E-state index in [1.54, 1.807) is 18.2 Å². The molecule has 1 saturated carbocycles. The Bertz CT molecular complexity index is 990. The van der Waals surface area contributed by atoms with E-state index in [-0.39, 0.29) is 36.3 Å². The van der Waals surface area contributed by atoms with Gasteiger partial charge in [-0.15, -0.1) is 12.4 Å². The molecule has 3 N–H and O–H groups in total. The normalized spacial score (nSPS) is 21.3. The van der Waals surface area contributed by atoms with Crippen molar-refractivity contribution in [3.63, 3.8) is 0 Å². The van der Waals surface area contributed by atoms with Crippen molar-refractivity contribution in [1.29, 1.82) is 0 Å². The summed E-state index contributed by atoms with van der Waals surface area (Å²) < 4.78 is 6.52. The minimum atomic E-state index is -0.518. The van der Waals surface area contributed by atoms with E-state index in [9.17, 15) is 9.59 Å². The van der Waals surface area contributed by atoms with Gasteiger partial charge in [0.2, 0.25) is 5.91 Å². The first-order chi connectivity index (χ1) is 12.6. The summed E-state index contributed by atoms with van der Waals surface area (Å²) in [5, 5.41) is 3.01. The molecular formula is C20H22ClN3O3. The number of nitrogens with two attached hydrogens (primary N) is 1. The fourth-order valence-corrected chi connectivity index (χ4v) is 3.88. The van der Waals surface area contributed by atoms with E-state index in [1.807, 2.05) is 24.3 Å². The average Bonchev–Trinajstić information content (AvgIpc) is 2.94. The van der Waals surface area contributed by atoms with Gasteiger partial charge in [0, 0.05) is 18.0 Å². The maximum Gasteiger partial charge on any atom is 0.420 e. The number of aromatic nitrogens is 1. The maximum absolute atomic E-state index is 12.4. The Morgan fingerprint density at radius 3 is 2.52 bits per heavy atom. The Hall–Kier alpha value is -2.57. The smallest absolute Gasteiger partial charge is 0.408 e. The molecule has 0 radical (unpaired) electrons. The molecule has 1 amide bonds. The predicted molar refractivity (Wildman–Crippen MR) is 106 cm³/mol. The zero-order valence-corrected chi connectivity index (χ0v) is 15.6. The van der Waals surface area contributed by atoms with Crippen molar-refractivity contribution in [2.45, 2.75) is 30.8 Å². The van der Waals surface area contributed by atoms with Gasteiger partial charge in [-0.05, 0) is 30.5 Å². The first-order valence-corrected chi connectivity index (χ1v) is 8.75. The number of halogens is 1. The molecule has 0 aliphatic heterocycles. The van der Waals surface area contributed by atoms with Crippen LogP contribution in [-0.4, -0.2) is 23.1 Å². The topological polar surface area (TPSA) is 90.3 Å². The average molecular weight is 388 g/mol. The van der Waals surface area contributed by atoms with E-state index in [4.69, 9.17) is 10.2 Å². The molecule has 3 aromatic rings. The Morgan fingerprint density at radius 1 is 1.15 bits per heavy atom. The van der Waals surface area contributed by atoms with Crippen LogP contribution in [0, 0.1) is 0 Å². The van der Waals surface area contributed by atoms with Crippen LogP contribution in [0.2, 0.25) is 0 Å². The molecule has 6 nitrogen and oxygen atoms in total. The molecule has 2 aromatic carbocycles. The molecule has 142 valence electrons. The second-order valence-corrected chi connectivity index (χ2v) is 6.95. The Kier molecular flexibility index (Phi) is 5.39. The van der Waals surface area contributed by atoms with E-state index >= 15 is 0 Å². The van der Waals surface area contributed by atoms with Gasteiger partial charge >= 0.3 is 5.76 Å². The molecule has 1 aliphatic rings. The highest BCUT2D eigenvalue weighted by molar-refractivity contribution is 5.85. The van der Waals surface area contributed by atoms with Crippen LogP contribution < -0.4 is 16.8 Å². The number of rotatable bonds is 5. The van der Waals surface area contributed by atoms with Gasteiger partial charge in [0.1, 0.15) is 6.54 Å². The number of oxazole rings is 1. The Labute approximate surface area is 162 Å². The number of hydrogen-bond donors (Lipinski definition) is 2. The quantitative estimate of drug-likeness (QED) is 0.702. The highest BCUT2D eigenvalue weighted by atomic mass is 35.5. The van der Waals surface area contributed by atoms with Gasteiger partial charge in [-0.25, -0.2) is 4.79 Å². The molecule has 27 heavy (non-hydrogen) atoms. The number of amides is 1. The molecule has 0 saturated heterocycles. The third-order valence-corrected chi connectivity index (χ3v) is 5.29. The van der Waals surface area contributed by atoms with Crippen LogP contribution in [0.25, 0.3) is 11.1 Å². The number of para-hydroxylation sites is 2. The largest absolute Gasteiger partial charge is 0.420 e. The highest BCUT2D eigenvalue weighted by Crippen LogP contribution is 2.43. The third-order valence-electron chi connectivity index (χ3n) is 5.29. The summed E-state index contributed by atoms with van der Waals surface area (Å²) in [4.78, 5) is 24.4. The van der Waals surface area contributed by atoms with Gasteiger partial charge < -0.3 is 15.5 Å². The molecule has 4 rings (SSSR count). The van der Waals surface area contributed by atoms with Crippen molar-refractivity contribution < 1.29 is 9.21 Å². The summed E-state index contributed by atoms with van der Waals surface area (Å²) in [6.45, 7) is 0.502. The predicted octanol–water partition coefficient (Wildman–Crippen LogP) is 2.19. The van der Waals surface area contributed by atoms with Crippen LogP contribution in [0.1, 0.15) is 18.4 Å².